The van der Waals surface area contributed by atoms with Crippen molar-refractivity contribution in [2.24, 2.45) is 0 Å². The van der Waals surface area contributed by atoms with Gasteiger partial charge in [-0.2, -0.15) is 18.3 Å². The minimum atomic E-state index is -4.55. The highest BCUT2D eigenvalue weighted by atomic mass is 19.4. The summed E-state index contributed by atoms with van der Waals surface area (Å²) >= 11 is 0. The van der Waals surface area contributed by atoms with Crippen molar-refractivity contribution in [2.75, 3.05) is 0 Å². The van der Waals surface area contributed by atoms with Crippen LogP contribution in [0.3, 0.4) is 0 Å². The van der Waals surface area contributed by atoms with E-state index >= 15 is 0 Å². The van der Waals surface area contributed by atoms with Crippen LogP contribution in [-0.2, 0) is 6.18 Å². The molecule has 1 heterocycles. The molecule has 0 saturated heterocycles. The van der Waals surface area contributed by atoms with Crippen LogP contribution in [0.15, 0.2) is 60.7 Å². The van der Waals surface area contributed by atoms with Crippen LogP contribution in [0.25, 0.3) is 16.9 Å². The van der Waals surface area contributed by atoms with E-state index in [1.807, 2.05) is 0 Å². The monoisotopic (exact) mass is 306 g/mol. The maximum absolute atomic E-state index is 13.0. The SMILES string of the molecule is Fc1ccc(-n2nc(C(F)(F)F)cc2-c2ccccc2)cc1. The molecule has 6 heteroatoms. The molecule has 1 aromatic heterocycles. The average Bonchev–Trinajstić information content (AvgIpc) is 2.94. The Morgan fingerprint density at radius 2 is 1.50 bits per heavy atom. The van der Waals surface area contributed by atoms with Crippen LogP contribution in [0, 0.1) is 5.82 Å². The fourth-order valence-electron chi connectivity index (χ4n) is 2.11. The first-order chi connectivity index (χ1) is 10.4. The number of aromatic nitrogens is 2. The van der Waals surface area contributed by atoms with Gasteiger partial charge in [-0.05, 0) is 30.3 Å². The van der Waals surface area contributed by atoms with Crippen LogP contribution >= 0.6 is 0 Å². The van der Waals surface area contributed by atoms with Crippen LogP contribution in [0.2, 0.25) is 0 Å². The lowest BCUT2D eigenvalue weighted by molar-refractivity contribution is -0.141. The molecule has 0 bridgehead atoms. The summed E-state index contributed by atoms with van der Waals surface area (Å²) in [6.45, 7) is 0. The first kappa shape index (κ1) is 14.3. The summed E-state index contributed by atoms with van der Waals surface area (Å²) in [4.78, 5) is 0. The van der Waals surface area contributed by atoms with Gasteiger partial charge in [0, 0.05) is 5.56 Å². The van der Waals surface area contributed by atoms with Gasteiger partial charge in [0.25, 0.3) is 0 Å². The summed E-state index contributed by atoms with van der Waals surface area (Å²) in [6, 6.07) is 14.7. The number of hydrogen-bond acceptors (Lipinski definition) is 1. The van der Waals surface area contributed by atoms with E-state index in [1.54, 1.807) is 30.3 Å². The third kappa shape index (κ3) is 2.72. The van der Waals surface area contributed by atoms with Crippen LogP contribution in [0.4, 0.5) is 17.6 Å². The van der Waals surface area contributed by atoms with E-state index in [0.717, 1.165) is 10.7 Å². The second kappa shape index (κ2) is 5.29. The summed E-state index contributed by atoms with van der Waals surface area (Å²) in [5, 5.41) is 3.63. The second-order valence-electron chi connectivity index (χ2n) is 4.67. The molecule has 0 aliphatic carbocycles. The molecule has 3 rings (SSSR count). The predicted octanol–water partition coefficient (Wildman–Crippen LogP) is 4.70. The molecule has 0 unspecified atom stereocenters. The first-order valence-electron chi connectivity index (χ1n) is 6.44. The molecule has 2 nitrogen and oxygen atoms in total. The normalized spacial score (nSPS) is 11.6. The van der Waals surface area contributed by atoms with Gasteiger partial charge in [0.05, 0.1) is 11.4 Å². The zero-order valence-electron chi connectivity index (χ0n) is 11.2. The highest BCUT2D eigenvalue weighted by Gasteiger charge is 2.35. The molecule has 2 aromatic carbocycles. The molecule has 0 saturated carbocycles. The van der Waals surface area contributed by atoms with Crippen LogP contribution in [0.1, 0.15) is 5.69 Å². The Hall–Kier alpha value is -2.63. The maximum atomic E-state index is 13.0. The third-order valence-corrected chi connectivity index (χ3v) is 3.14. The molecule has 0 radical (unpaired) electrons. The Labute approximate surface area is 123 Å². The van der Waals surface area contributed by atoms with E-state index in [9.17, 15) is 17.6 Å². The minimum absolute atomic E-state index is 0.291. The standard InChI is InChI=1S/C16H10F4N2/c17-12-6-8-13(9-7-12)22-14(11-4-2-1-3-5-11)10-15(21-22)16(18,19)20/h1-10H. The summed E-state index contributed by atoms with van der Waals surface area (Å²) < 4.78 is 53.0. The molecule has 22 heavy (non-hydrogen) atoms. The van der Waals surface area contributed by atoms with E-state index in [-0.39, 0.29) is 0 Å². The minimum Gasteiger partial charge on any atom is -0.233 e. The highest BCUT2D eigenvalue weighted by molar-refractivity contribution is 5.62. The van der Waals surface area contributed by atoms with E-state index < -0.39 is 17.7 Å². The number of benzene rings is 2. The van der Waals surface area contributed by atoms with Crippen LogP contribution < -0.4 is 0 Å². The van der Waals surface area contributed by atoms with Gasteiger partial charge in [0.1, 0.15) is 5.82 Å². The molecule has 0 aliphatic heterocycles. The Morgan fingerprint density at radius 1 is 0.864 bits per heavy atom. The lowest BCUT2D eigenvalue weighted by Crippen LogP contribution is -2.07. The molecule has 112 valence electrons. The van der Waals surface area contributed by atoms with Gasteiger partial charge < -0.3 is 0 Å². The molecule has 0 amide bonds. The average molecular weight is 306 g/mol. The summed E-state index contributed by atoms with van der Waals surface area (Å²) in [5.41, 5.74) is 0.251. The molecule has 0 spiro atoms. The van der Waals surface area contributed by atoms with Gasteiger partial charge in [-0.1, -0.05) is 30.3 Å². The third-order valence-electron chi connectivity index (χ3n) is 3.14. The Balaban J connectivity index is 2.19. The van der Waals surface area contributed by atoms with Crippen molar-refractivity contribution in [3.63, 3.8) is 0 Å². The lowest BCUT2D eigenvalue weighted by Gasteiger charge is -2.07. The van der Waals surface area contributed by atoms with Crippen molar-refractivity contribution in [1.29, 1.82) is 0 Å². The quantitative estimate of drug-likeness (QED) is 0.628. The molecule has 0 N–H and O–H groups in total. The topological polar surface area (TPSA) is 17.8 Å². The number of halogens is 4. The zero-order valence-corrected chi connectivity index (χ0v) is 11.2. The number of alkyl halides is 3. The Morgan fingerprint density at radius 3 is 2.09 bits per heavy atom. The Kier molecular flexibility index (Phi) is 3.44. The summed E-state index contributed by atoms with van der Waals surface area (Å²) in [6.07, 6.45) is -4.55. The van der Waals surface area contributed by atoms with E-state index in [1.165, 1.54) is 24.3 Å². The van der Waals surface area contributed by atoms with Gasteiger partial charge in [-0.25, -0.2) is 9.07 Å². The van der Waals surface area contributed by atoms with E-state index in [0.29, 0.717) is 16.9 Å². The van der Waals surface area contributed by atoms with Crippen LogP contribution in [0.5, 0.6) is 0 Å². The zero-order chi connectivity index (χ0) is 15.7. The predicted molar refractivity (Wildman–Crippen MR) is 74.0 cm³/mol. The van der Waals surface area contributed by atoms with E-state index in [4.69, 9.17) is 0 Å². The molecule has 0 aliphatic rings. The van der Waals surface area contributed by atoms with Gasteiger partial charge >= 0.3 is 6.18 Å². The molecule has 0 atom stereocenters. The number of rotatable bonds is 2. The second-order valence-corrected chi connectivity index (χ2v) is 4.67. The molecular weight excluding hydrogens is 296 g/mol. The lowest BCUT2D eigenvalue weighted by atomic mass is 10.1. The van der Waals surface area contributed by atoms with Crippen LogP contribution in [-0.4, -0.2) is 9.78 Å². The fraction of sp³-hybridized carbons (Fsp3) is 0.0625. The van der Waals surface area contributed by atoms with Crippen molar-refractivity contribution in [1.82, 2.24) is 9.78 Å². The first-order valence-corrected chi connectivity index (χ1v) is 6.44. The van der Waals surface area contributed by atoms with Gasteiger partial charge in [-0.15, -0.1) is 0 Å². The van der Waals surface area contributed by atoms with Crippen molar-refractivity contribution in [3.05, 3.63) is 72.2 Å². The van der Waals surface area contributed by atoms with Gasteiger partial charge in [0.2, 0.25) is 0 Å². The largest absolute Gasteiger partial charge is 0.435 e. The number of hydrogen-bond donors (Lipinski definition) is 0. The van der Waals surface area contributed by atoms with E-state index in [2.05, 4.69) is 5.10 Å². The summed E-state index contributed by atoms with van der Waals surface area (Å²) in [7, 11) is 0. The smallest absolute Gasteiger partial charge is 0.233 e. The molecule has 0 fully saturated rings. The van der Waals surface area contributed by atoms with Gasteiger partial charge in [-0.3, -0.25) is 0 Å². The van der Waals surface area contributed by atoms with Crippen molar-refractivity contribution in [2.45, 2.75) is 6.18 Å². The van der Waals surface area contributed by atoms with Gasteiger partial charge in [0.15, 0.2) is 5.69 Å². The highest BCUT2D eigenvalue weighted by Crippen LogP contribution is 2.33. The fourth-order valence-corrected chi connectivity index (χ4v) is 2.11. The van der Waals surface area contributed by atoms with Crippen molar-refractivity contribution in [3.8, 4) is 16.9 Å². The summed E-state index contributed by atoms with van der Waals surface area (Å²) in [5.74, 6) is -0.465. The van der Waals surface area contributed by atoms with Crippen molar-refractivity contribution >= 4 is 0 Å². The molecular formula is C16H10F4N2. The number of nitrogens with zero attached hydrogens (tertiary/aromatic N) is 2. The Bertz CT molecular complexity index is 774. The van der Waals surface area contributed by atoms with Crippen molar-refractivity contribution < 1.29 is 17.6 Å². The molecule has 3 aromatic rings. The maximum Gasteiger partial charge on any atom is 0.435 e.